The van der Waals surface area contributed by atoms with E-state index in [2.05, 4.69) is 0 Å². The van der Waals surface area contributed by atoms with Crippen molar-refractivity contribution >= 4 is 10.0 Å². The molecule has 0 atom stereocenters. The van der Waals surface area contributed by atoms with Crippen molar-refractivity contribution in [3.8, 4) is 6.07 Å². The lowest BCUT2D eigenvalue weighted by molar-refractivity contribution is 0.216. The summed E-state index contributed by atoms with van der Waals surface area (Å²) in [5, 5.41) is 8.29. The molecule has 0 aliphatic rings. The van der Waals surface area contributed by atoms with E-state index in [4.69, 9.17) is 5.26 Å². The number of halogens is 2. The van der Waals surface area contributed by atoms with Gasteiger partial charge in [-0.25, -0.2) is 8.42 Å². The maximum atomic E-state index is 12.2. The van der Waals surface area contributed by atoms with Crippen LogP contribution in [0.25, 0.3) is 0 Å². The lowest BCUT2D eigenvalue weighted by atomic mass is 10.2. The summed E-state index contributed by atoms with van der Waals surface area (Å²) in [6.07, 6.45) is -0.0847. The second-order valence-corrected chi connectivity index (χ2v) is 5.37. The molecule has 0 aromatic heterocycles. The predicted octanol–water partition coefficient (Wildman–Crippen LogP) is 1.41. The van der Waals surface area contributed by atoms with Gasteiger partial charge in [0.15, 0.2) is 0 Å². The first-order valence-electron chi connectivity index (χ1n) is 4.46. The Morgan fingerprint density at radius 1 is 1.40 bits per heavy atom. The largest absolute Gasteiger partial charge is 0.350 e. The maximum Gasteiger partial charge on any atom is 0.350 e. The Hall–Kier alpha value is -0.740. The number of nitriles is 1. The highest BCUT2D eigenvalue weighted by molar-refractivity contribution is 7.89. The zero-order chi connectivity index (χ0) is 12.1. The first-order valence-corrected chi connectivity index (χ1v) is 5.96. The molecule has 0 aromatic carbocycles. The van der Waals surface area contributed by atoms with Crippen LogP contribution in [0.3, 0.4) is 0 Å². The Kier molecular flexibility index (Phi) is 5.68. The summed E-state index contributed by atoms with van der Waals surface area (Å²) in [4.78, 5) is 0. The molecule has 0 unspecified atom stereocenters. The molecule has 7 heteroatoms. The van der Waals surface area contributed by atoms with Gasteiger partial charge in [-0.1, -0.05) is 13.8 Å². The van der Waals surface area contributed by atoms with Crippen molar-refractivity contribution in [2.24, 2.45) is 5.92 Å². The van der Waals surface area contributed by atoms with E-state index < -0.39 is 15.8 Å². The average Bonchev–Trinajstić information content (AvgIpc) is 2.11. The molecule has 0 rings (SSSR count). The van der Waals surface area contributed by atoms with Crippen LogP contribution in [0.15, 0.2) is 0 Å². The summed E-state index contributed by atoms with van der Waals surface area (Å²) in [5.74, 6) is -3.48. The van der Waals surface area contributed by atoms with Crippen molar-refractivity contribution in [2.45, 2.75) is 26.0 Å². The highest BCUT2D eigenvalue weighted by Crippen LogP contribution is 2.14. The molecular weight excluding hydrogens is 226 g/mol. The van der Waals surface area contributed by atoms with Crippen molar-refractivity contribution in [3.05, 3.63) is 0 Å². The Morgan fingerprint density at radius 3 is 2.27 bits per heavy atom. The number of rotatable bonds is 6. The molecule has 0 N–H and O–H groups in total. The smallest absolute Gasteiger partial charge is 0.206 e. The summed E-state index contributed by atoms with van der Waals surface area (Å²) in [6.45, 7) is 3.27. The fourth-order valence-corrected chi connectivity index (χ4v) is 2.09. The molecule has 0 spiro atoms. The van der Waals surface area contributed by atoms with E-state index in [0.29, 0.717) is 4.31 Å². The zero-order valence-electron chi connectivity index (χ0n) is 8.65. The molecule has 0 saturated heterocycles. The first-order chi connectivity index (χ1) is 6.82. The second-order valence-electron chi connectivity index (χ2n) is 3.47. The number of nitrogens with zero attached hydrogens (tertiary/aromatic N) is 2. The summed E-state index contributed by atoms with van der Waals surface area (Å²) in [6, 6.07) is 1.73. The third-order valence-electron chi connectivity index (χ3n) is 1.63. The van der Waals surface area contributed by atoms with E-state index in [-0.39, 0.29) is 25.4 Å². The zero-order valence-corrected chi connectivity index (χ0v) is 9.47. The molecule has 0 aliphatic carbocycles. The highest BCUT2D eigenvalue weighted by atomic mass is 32.2. The molecule has 0 amide bonds. The molecule has 0 aliphatic heterocycles. The van der Waals surface area contributed by atoms with Crippen LogP contribution in [0.4, 0.5) is 8.78 Å². The standard InChI is InChI=1S/C8H14F2N2O2S/c1-7(2)6-12(5-3-4-11)15(13,14)8(9)10/h7-8H,3,5-6H2,1-2H3. The van der Waals surface area contributed by atoms with E-state index >= 15 is 0 Å². The summed E-state index contributed by atoms with van der Waals surface area (Å²) < 4.78 is 47.4. The molecule has 0 radical (unpaired) electrons. The number of alkyl halides is 2. The lowest BCUT2D eigenvalue weighted by Crippen LogP contribution is -2.38. The highest BCUT2D eigenvalue weighted by Gasteiger charge is 2.31. The Bertz CT molecular complexity index is 322. The molecule has 88 valence electrons. The van der Waals surface area contributed by atoms with Gasteiger partial charge >= 0.3 is 5.76 Å². The van der Waals surface area contributed by atoms with E-state index in [9.17, 15) is 17.2 Å². The van der Waals surface area contributed by atoms with Gasteiger partial charge in [0.1, 0.15) is 0 Å². The Labute approximate surface area is 88.5 Å². The fourth-order valence-electron chi connectivity index (χ4n) is 1.02. The van der Waals surface area contributed by atoms with Gasteiger partial charge in [0, 0.05) is 19.5 Å². The van der Waals surface area contributed by atoms with E-state index in [1.807, 2.05) is 0 Å². The maximum absolute atomic E-state index is 12.2. The van der Waals surface area contributed by atoms with Crippen LogP contribution in [0, 0.1) is 17.2 Å². The molecule has 0 aromatic rings. The third-order valence-corrected chi connectivity index (χ3v) is 3.13. The van der Waals surface area contributed by atoms with Crippen LogP contribution < -0.4 is 0 Å². The monoisotopic (exact) mass is 240 g/mol. The third kappa shape index (κ3) is 4.53. The molecule has 0 saturated carbocycles. The van der Waals surface area contributed by atoms with Crippen LogP contribution in [0.2, 0.25) is 0 Å². The minimum atomic E-state index is -4.56. The van der Waals surface area contributed by atoms with E-state index in [0.717, 1.165) is 0 Å². The minimum Gasteiger partial charge on any atom is -0.206 e. The summed E-state index contributed by atoms with van der Waals surface area (Å²) >= 11 is 0. The van der Waals surface area contributed by atoms with Crippen molar-refractivity contribution in [1.29, 1.82) is 5.26 Å². The molecule has 15 heavy (non-hydrogen) atoms. The number of hydrogen-bond acceptors (Lipinski definition) is 3. The molecule has 4 nitrogen and oxygen atoms in total. The van der Waals surface area contributed by atoms with Crippen molar-refractivity contribution in [3.63, 3.8) is 0 Å². The van der Waals surface area contributed by atoms with Gasteiger partial charge in [-0.2, -0.15) is 18.3 Å². The van der Waals surface area contributed by atoms with Gasteiger partial charge in [0.25, 0.3) is 10.0 Å². The van der Waals surface area contributed by atoms with Gasteiger partial charge in [-0.05, 0) is 5.92 Å². The lowest BCUT2D eigenvalue weighted by Gasteiger charge is -2.22. The molecule has 0 bridgehead atoms. The summed E-state index contributed by atoms with van der Waals surface area (Å²) in [5.41, 5.74) is 0. The first kappa shape index (κ1) is 14.3. The van der Waals surface area contributed by atoms with Crippen LogP contribution in [-0.4, -0.2) is 31.6 Å². The normalized spacial score (nSPS) is 12.4. The van der Waals surface area contributed by atoms with Gasteiger partial charge in [0.2, 0.25) is 0 Å². The fraction of sp³-hybridized carbons (Fsp3) is 0.875. The van der Waals surface area contributed by atoms with Crippen molar-refractivity contribution in [1.82, 2.24) is 4.31 Å². The van der Waals surface area contributed by atoms with Gasteiger partial charge in [-0.3, -0.25) is 0 Å². The number of hydrogen-bond donors (Lipinski definition) is 0. The van der Waals surface area contributed by atoms with Crippen molar-refractivity contribution < 1.29 is 17.2 Å². The molecule has 0 heterocycles. The minimum absolute atomic E-state index is 0.00829. The van der Waals surface area contributed by atoms with Gasteiger partial charge < -0.3 is 0 Å². The Morgan fingerprint density at radius 2 is 1.93 bits per heavy atom. The Balaban J connectivity index is 4.71. The second kappa shape index (κ2) is 5.98. The van der Waals surface area contributed by atoms with E-state index in [1.165, 1.54) is 0 Å². The van der Waals surface area contributed by atoms with Gasteiger partial charge in [-0.15, -0.1) is 0 Å². The van der Waals surface area contributed by atoms with Crippen LogP contribution in [0.1, 0.15) is 20.3 Å². The predicted molar refractivity (Wildman–Crippen MR) is 51.6 cm³/mol. The average molecular weight is 240 g/mol. The topological polar surface area (TPSA) is 61.2 Å². The van der Waals surface area contributed by atoms with Crippen LogP contribution >= 0.6 is 0 Å². The van der Waals surface area contributed by atoms with Crippen molar-refractivity contribution in [2.75, 3.05) is 13.1 Å². The number of sulfonamides is 1. The van der Waals surface area contributed by atoms with E-state index in [1.54, 1.807) is 19.9 Å². The SMILES string of the molecule is CC(C)CN(CCC#N)S(=O)(=O)C(F)F. The molecule has 0 fully saturated rings. The van der Waals surface area contributed by atoms with Gasteiger partial charge in [0.05, 0.1) is 6.07 Å². The summed E-state index contributed by atoms with van der Waals surface area (Å²) in [7, 11) is -4.56. The quantitative estimate of drug-likeness (QED) is 0.705. The van der Waals surface area contributed by atoms with Crippen LogP contribution in [0.5, 0.6) is 0 Å². The molecular formula is C8H14F2N2O2S. The van der Waals surface area contributed by atoms with Crippen LogP contribution in [-0.2, 0) is 10.0 Å².